The van der Waals surface area contributed by atoms with Gasteiger partial charge in [-0.3, -0.25) is 14.4 Å². The molecule has 3 aliphatic rings. The molecule has 160 valence electrons. The quantitative estimate of drug-likeness (QED) is 0.800. The first-order chi connectivity index (χ1) is 15.0. The summed E-state index contributed by atoms with van der Waals surface area (Å²) in [6.45, 7) is 0.528. The maximum absolute atomic E-state index is 14.1. The zero-order chi connectivity index (χ0) is 21.6. The van der Waals surface area contributed by atoms with Crippen molar-refractivity contribution in [3.8, 4) is 0 Å². The number of fused-ring (bicyclic) bond motifs is 1. The number of halogens is 1. The maximum Gasteiger partial charge on any atom is 0.252 e. The van der Waals surface area contributed by atoms with Crippen LogP contribution in [0.3, 0.4) is 0 Å². The van der Waals surface area contributed by atoms with Crippen LogP contribution in [0.2, 0.25) is 0 Å². The highest BCUT2D eigenvalue weighted by Gasteiger charge is 2.51. The van der Waals surface area contributed by atoms with E-state index in [1.165, 1.54) is 12.1 Å². The number of benzene rings is 2. The molecule has 31 heavy (non-hydrogen) atoms. The van der Waals surface area contributed by atoms with E-state index < -0.39 is 11.6 Å². The number of rotatable bonds is 3. The molecule has 2 fully saturated rings. The van der Waals surface area contributed by atoms with E-state index in [0.717, 1.165) is 18.4 Å². The first kappa shape index (κ1) is 19.7. The molecule has 0 unspecified atom stereocenters. The molecule has 5 rings (SSSR count). The Morgan fingerprint density at radius 2 is 1.97 bits per heavy atom. The summed E-state index contributed by atoms with van der Waals surface area (Å²) in [5.74, 6) is -0.690. The fraction of sp³-hybridized carbons (Fsp3) is 0.375. The average molecular weight is 421 g/mol. The maximum atomic E-state index is 14.1. The molecule has 0 saturated carbocycles. The van der Waals surface area contributed by atoms with E-state index in [1.807, 2.05) is 18.2 Å². The Morgan fingerprint density at radius 3 is 2.74 bits per heavy atom. The fourth-order valence-corrected chi connectivity index (χ4v) is 5.48. The van der Waals surface area contributed by atoms with Gasteiger partial charge in [-0.15, -0.1) is 0 Å². The second-order valence-electron chi connectivity index (χ2n) is 8.67. The van der Waals surface area contributed by atoms with Gasteiger partial charge >= 0.3 is 0 Å². The highest BCUT2D eigenvalue weighted by atomic mass is 19.1. The van der Waals surface area contributed by atoms with Gasteiger partial charge in [0.1, 0.15) is 5.82 Å². The molecule has 2 N–H and O–H groups in total. The lowest BCUT2D eigenvalue weighted by atomic mass is 9.76. The van der Waals surface area contributed by atoms with Gasteiger partial charge in [0.15, 0.2) is 0 Å². The van der Waals surface area contributed by atoms with Crippen LogP contribution < -0.4 is 10.6 Å². The van der Waals surface area contributed by atoms with Gasteiger partial charge in [-0.05, 0) is 48.6 Å². The zero-order valence-corrected chi connectivity index (χ0v) is 17.1. The molecule has 0 aliphatic carbocycles. The number of amides is 3. The number of nitrogens with zero attached hydrogens (tertiary/aromatic N) is 1. The van der Waals surface area contributed by atoms with Gasteiger partial charge in [-0.2, -0.15) is 0 Å². The lowest BCUT2D eigenvalue weighted by molar-refractivity contribution is -0.139. The normalized spacial score (nSPS) is 27.2. The van der Waals surface area contributed by atoms with E-state index in [2.05, 4.69) is 10.6 Å². The standard InChI is InChI=1S/C24H24FN3O3/c25-16-6-3-5-15(13-16)22-24(11-9-20(29)27-24)10-4-12-28(22)21(30)14-19-17-7-1-2-8-18(17)23(31)26-19/h1-3,5-8,13,19,22H,4,9-12,14H2,(H,26,31)(H,27,29)/t19-,22+,24-/m0/s1. The molecule has 3 atom stereocenters. The van der Waals surface area contributed by atoms with E-state index in [4.69, 9.17) is 0 Å². The Morgan fingerprint density at radius 1 is 1.13 bits per heavy atom. The van der Waals surface area contributed by atoms with Crippen LogP contribution in [0, 0.1) is 5.82 Å². The van der Waals surface area contributed by atoms with Crippen LogP contribution in [0.5, 0.6) is 0 Å². The number of likely N-dealkylation sites (tertiary alicyclic amines) is 1. The topological polar surface area (TPSA) is 78.5 Å². The molecule has 6 nitrogen and oxygen atoms in total. The summed E-state index contributed by atoms with van der Waals surface area (Å²) in [6, 6.07) is 12.7. The second kappa shape index (κ2) is 7.48. The first-order valence-corrected chi connectivity index (χ1v) is 10.7. The molecule has 0 bridgehead atoms. The summed E-state index contributed by atoms with van der Waals surface area (Å²) < 4.78 is 14.1. The Kier molecular flexibility index (Phi) is 4.76. The minimum Gasteiger partial charge on any atom is -0.348 e. The molecule has 3 amide bonds. The highest BCUT2D eigenvalue weighted by Crippen LogP contribution is 2.45. The molecular formula is C24H24FN3O3. The minimum atomic E-state index is -0.588. The van der Waals surface area contributed by atoms with Gasteiger partial charge < -0.3 is 15.5 Å². The van der Waals surface area contributed by atoms with Gasteiger partial charge in [-0.25, -0.2) is 4.39 Å². The predicted octanol–water partition coefficient (Wildman–Crippen LogP) is 3.01. The van der Waals surface area contributed by atoms with Crippen molar-refractivity contribution in [2.75, 3.05) is 6.54 Å². The van der Waals surface area contributed by atoms with Crippen molar-refractivity contribution in [2.45, 2.75) is 49.7 Å². The average Bonchev–Trinajstić information content (AvgIpc) is 3.28. The zero-order valence-electron chi connectivity index (χ0n) is 17.1. The molecule has 7 heteroatoms. The number of carbonyl (C=O) groups excluding carboxylic acids is 3. The monoisotopic (exact) mass is 421 g/mol. The third-order valence-electron chi connectivity index (χ3n) is 6.79. The van der Waals surface area contributed by atoms with Gasteiger partial charge in [-0.1, -0.05) is 30.3 Å². The Labute approximate surface area is 179 Å². The van der Waals surface area contributed by atoms with E-state index in [-0.39, 0.29) is 36.0 Å². The molecule has 3 aliphatic heterocycles. The van der Waals surface area contributed by atoms with Crippen molar-refractivity contribution < 1.29 is 18.8 Å². The molecule has 2 saturated heterocycles. The lowest BCUT2D eigenvalue weighted by Gasteiger charge is -2.48. The van der Waals surface area contributed by atoms with Gasteiger partial charge in [0, 0.05) is 18.5 Å². The molecule has 2 aromatic rings. The number of nitrogens with one attached hydrogen (secondary N) is 2. The fourth-order valence-electron chi connectivity index (χ4n) is 5.48. The Hall–Kier alpha value is -3.22. The van der Waals surface area contributed by atoms with Crippen LogP contribution in [-0.4, -0.2) is 34.7 Å². The van der Waals surface area contributed by atoms with E-state index in [9.17, 15) is 18.8 Å². The van der Waals surface area contributed by atoms with Gasteiger partial charge in [0.05, 0.1) is 24.0 Å². The van der Waals surface area contributed by atoms with Crippen molar-refractivity contribution >= 4 is 17.7 Å². The molecule has 3 heterocycles. The van der Waals surface area contributed by atoms with Crippen LogP contribution in [0.15, 0.2) is 48.5 Å². The van der Waals surface area contributed by atoms with E-state index in [0.29, 0.717) is 30.5 Å². The number of hydrogen-bond donors (Lipinski definition) is 2. The van der Waals surface area contributed by atoms with Crippen molar-refractivity contribution in [1.29, 1.82) is 0 Å². The van der Waals surface area contributed by atoms with Crippen molar-refractivity contribution in [2.24, 2.45) is 0 Å². The van der Waals surface area contributed by atoms with Crippen LogP contribution in [0.1, 0.15) is 65.7 Å². The van der Waals surface area contributed by atoms with Crippen LogP contribution >= 0.6 is 0 Å². The van der Waals surface area contributed by atoms with Crippen LogP contribution in [0.25, 0.3) is 0 Å². The summed E-state index contributed by atoms with van der Waals surface area (Å²) in [6.07, 6.45) is 2.64. The molecule has 1 spiro atoms. The predicted molar refractivity (Wildman–Crippen MR) is 111 cm³/mol. The number of hydrogen-bond acceptors (Lipinski definition) is 3. The minimum absolute atomic E-state index is 0.0346. The van der Waals surface area contributed by atoms with Crippen LogP contribution in [0.4, 0.5) is 4.39 Å². The molecular weight excluding hydrogens is 397 g/mol. The lowest BCUT2D eigenvalue weighted by Crippen LogP contribution is -2.58. The van der Waals surface area contributed by atoms with Crippen molar-refractivity contribution in [3.05, 3.63) is 71.0 Å². The number of piperidine rings is 1. The highest BCUT2D eigenvalue weighted by molar-refractivity contribution is 5.99. The Bertz CT molecular complexity index is 1070. The van der Waals surface area contributed by atoms with E-state index in [1.54, 1.807) is 23.1 Å². The van der Waals surface area contributed by atoms with Crippen molar-refractivity contribution in [1.82, 2.24) is 15.5 Å². The first-order valence-electron chi connectivity index (χ1n) is 10.7. The third-order valence-corrected chi connectivity index (χ3v) is 6.79. The SMILES string of the molecule is O=C1CC[C@]2(CCCN(C(=O)C[C@@H]3NC(=O)c4ccccc43)[C@@H]2c2cccc(F)c2)N1. The summed E-state index contributed by atoms with van der Waals surface area (Å²) in [5, 5.41) is 6.02. The van der Waals surface area contributed by atoms with Crippen molar-refractivity contribution in [3.63, 3.8) is 0 Å². The summed E-state index contributed by atoms with van der Waals surface area (Å²) in [7, 11) is 0. The summed E-state index contributed by atoms with van der Waals surface area (Å²) in [5.41, 5.74) is 1.52. The van der Waals surface area contributed by atoms with E-state index >= 15 is 0 Å². The third kappa shape index (κ3) is 3.38. The summed E-state index contributed by atoms with van der Waals surface area (Å²) >= 11 is 0. The number of carbonyl (C=O) groups is 3. The molecule has 2 aromatic carbocycles. The van der Waals surface area contributed by atoms with Gasteiger partial charge in [0.25, 0.3) is 5.91 Å². The molecule has 0 aromatic heterocycles. The van der Waals surface area contributed by atoms with Crippen LogP contribution in [-0.2, 0) is 9.59 Å². The second-order valence-corrected chi connectivity index (χ2v) is 8.67. The smallest absolute Gasteiger partial charge is 0.252 e. The van der Waals surface area contributed by atoms with Gasteiger partial charge in [0.2, 0.25) is 11.8 Å². The summed E-state index contributed by atoms with van der Waals surface area (Å²) in [4.78, 5) is 39.7. The largest absolute Gasteiger partial charge is 0.348 e. The Balaban J connectivity index is 1.47. The molecule has 0 radical (unpaired) electrons.